The van der Waals surface area contributed by atoms with Crippen LogP contribution >= 0.6 is 23.2 Å². The quantitative estimate of drug-likeness (QED) is 0.122. The van der Waals surface area contributed by atoms with Crippen LogP contribution in [0, 0.1) is 0 Å². The van der Waals surface area contributed by atoms with Crippen molar-refractivity contribution in [1.82, 2.24) is 9.13 Å². The molecule has 6 nitrogen and oxygen atoms in total. The first-order valence-corrected chi connectivity index (χ1v) is 25.2. The molecule has 0 atom stereocenters. The first-order chi connectivity index (χ1) is 36.6. The molecular weight excluding hydrogens is 952 g/mol. The standard InChI is InChI=1S/C66H44Cl2N4O2/c67-55-41-49(69(45-21-5-1-6-22-45)46-23-7-2-8-24-46)37-39-63(55)73-65-43-62(72-59-35-19-15-31-53(59)54-32-16-20-36-60(54)72)66(44-61(65)71-57-33-17-13-29-51(57)52-30-14-18-34-58(52)71)74-64-40-38-50(42-56(64)68)70(47-25-9-3-10-26-47)48-27-11-4-12-28-48/h1-44H. The summed E-state index contributed by atoms with van der Waals surface area (Å²) in [5, 5.41) is 5.30. The number of hydrogen-bond acceptors (Lipinski definition) is 4. The Bertz CT molecular complexity index is 3720. The third-order valence-corrected chi connectivity index (χ3v) is 14.1. The van der Waals surface area contributed by atoms with E-state index in [1.54, 1.807) is 0 Å². The number of para-hydroxylation sites is 8. The fourth-order valence-corrected chi connectivity index (χ4v) is 10.7. The Morgan fingerprint density at radius 2 is 0.527 bits per heavy atom. The van der Waals surface area contributed by atoms with Crippen molar-refractivity contribution in [2.45, 2.75) is 0 Å². The van der Waals surface area contributed by atoms with Crippen molar-refractivity contribution in [1.29, 1.82) is 0 Å². The molecule has 0 aliphatic carbocycles. The number of fused-ring (bicyclic) bond motifs is 6. The van der Waals surface area contributed by atoms with Crippen molar-refractivity contribution in [3.63, 3.8) is 0 Å². The van der Waals surface area contributed by atoms with E-state index in [4.69, 9.17) is 32.7 Å². The Labute approximate surface area is 438 Å². The minimum atomic E-state index is 0.443. The molecule has 0 bridgehead atoms. The molecular formula is C66H44Cl2N4O2. The van der Waals surface area contributed by atoms with Crippen LogP contribution in [0.4, 0.5) is 34.1 Å². The molecule has 8 heteroatoms. The highest BCUT2D eigenvalue weighted by Gasteiger charge is 2.25. The van der Waals surface area contributed by atoms with Gasteiger partial charge in [0, 0.05) is 67.8 Å². The Kier molecular flexibility index (Phi) is 11.5. The fraction of sp³-hybridized carbons (Fsp3) is 0. The van der Waals surface area contributed by atoms with E-state index in [9.17, 15) is 0 Å². The van der Waals surface area contributed by atoms with Gasteiger partial charge in [0.2, 0.25) is 0 Å². The number of anilines is 6. The fourth-order valence-electron chi connectivity index (χ4n) is 10.3. The number of halogens is 2. The summed E-state index contributed by atoms with van der Waals surface area (Å²) in [5.74, 6) is 2.09. The maximum absolute atomic E-state index is 7.42. The van der Waals surface area contributed by atoms with Crippen LogP contribution < -0.4 is 19.3 Å². The summed E-state index contributed by atoms with van der Waals surface area (Å²) in [6.45, 7) is 0. The van der Waals surface area contributed by atoms with Crippen LogP contribution in [0.15, 0.2) is 267 Å². The summed E-state index contributed by atoms with van der Waals surface area (Å²) >= 11 is 14.8. The minimum absolute atomic E-state index is 0.443. The van der Waals surface area contributed by atoms with Gasteiger partial charge in [0.1, 0.15) is 11.5 Å². The van der Waals surface area contributed by atoms with Gasteiger partial charge >= 0.3 is 0 Å². The van der Waals surface area contributed by atoms with Gasteiger partial charge in [0.15, 0.2) is 11.5 Å². The van der Waals surface area contributed by atoms with Gasteiger partial charge in [-0.15, -0.1) is 0 Å². The largest absolute Gasteiger partial charge is 0.454 e. The summed E-state index contributed by atoms with van der Waals surface area (Å²) in [6, 6.07) is 91.0. The van der Waals surface area contributed by atoms with Gasteiger partial charge in [-0.1, -0.05) is 169 Å². The van der Waals surface area contributed by atoms with E-state index in [1.807, 2.05) is 97.1 Å². The molecule has 0 radical (unpaired) electrons. The van der Waals surface area contributed by atoms with Crippen LogP contribution in [0.25, 0.3) is 55.0 Å². The van der Waals surface area contributed by atoms with Gasteiger partial charge < -0.3 is 28.4 Å². The van der Waals surface area contributed by atoms with Crippen LogP contribution in [-0.4, -0.2) is 9.13 Å². The highest BCUT2D eigenvalue weighted by molar-refractivity contribution is 6.33. The first kappa shape index (κ1) is 44.7. The number of ether oxygens (including phenoxy) is 2. The molecule has 354 valence electrons. The molecule has 74 heavy (non-hydrogen) atoms. The normalized spacial score (nSPS) is 11.4. The van der Waals surface area contributed by atoms with Gasteiger partial charge in [0.05, 0.1) is 43.5 Å². The third kappa shape index (κ3) is 8.03. The molecule has 0 saturated heterocycles. The smallest absolute Gasteiger partial charge is 0.153 e. The molecule has 13 rings (SSSR count). The highest BCUT2D eigenvalue weighted by atomic mass is 35.5. The lowest BCUT2D eigenvalue weighted by atomic mass is 10.1. The van der Waals surface area contributed by atoms with Gasteiger partial charge in [-0.2, -0.15) is 0 Å². The van der Waals surface area contributed by atoms with Crippen molar-refractivity contribution >= 4 is 101 Å². The minimum Gasteiger partial charge on any atom is -0.454 e. The van der Waals surface area contributed by atoms with Crippen molar-refractivity contribution in [2.24, 2.45) is 0 Å². The lowest BCUT2D eigenvalue weighted by molar-refractivity contribution is 0.466. The van der Waals surface area contributed by atoms with Gasteiger partial charge in [-0.25, -0.2) is 0 Å². The average molecular weight is 996 g/mol. The van der Waals surface area contributed by atoms with E-state index in [1.165, 1.54) is 0 Å². The van der Waals surface area contributed by atoms with Gasteiger partial charge in [-0.05, 0) is 109 Å². The number of aromatic nitrogens is 2. The molecule has 0 saturated carbocycles. The summed E-state index contributed by atoms with van der Waals surface area (Å²) in [5.41, 5.74) is 11.3. The maximum atomic E-state index is 7.42. The Morgan fingerprint density at radius 3 is 0.811 bits per heavy atom. The predicted molar refractivity (Wildman–Crippen MR) is 308 cm³/mol. The van der Waals surface area contributed by atoms with Crippen LogP contribution in [0.3, 0.4) is 0 Å². The van der Waals surface area contributed by atoms with Gasteiger partial charge in [0.25, 0.3) is 0 Å². The van der Waals surface area contributed by atoms with Crippen LogP contribution in [0.5, 0.6) is 23.0 Å². The van der Waals surface area contributed by atoms with E-state index in [0.29, 0.717) is 33.0 Å². The van der Waals surface area contributed by atoms with Crippen molar-refractivity contribution in [2.75, 3.05) is 9.80 Å². The molecule has 0 amide bonds. The molecule has 0 aliphatic rings. The zero-order chi connectivity index (χ0) is 49.5. The molecule has 0 fully saturated rings. The van der Waals surface area contributed by atoms with Crippen LogP contribution in [0.2, 0.25) is 10.0 Å². The third-order valence-electron chi connectivity index (χ3n) is 13.5. The van der Waals surface area contributed by atoms with Crippen LogP contribution in [0.1, 0.15) is 0 Å². The summed E-state index contributed by atoms with van der Waals surface area (Å²) in [7, 11) is 0. The molecule has 2 heterocycles. The highest BCUT2D eigenvalue weighted by Crippen LogP contribution is 2.48. The second kappa shape index (κ2) is 19.1. The van der Waals surface area contributed by atoms with E-state index < -0.39 is 0 Å². The molecule has 13 aromatic rings. The molecule has 0 aliphatic heterocycles. The second-order valence-corrected chi connectivity index (χ2v) is 18.8. The lowest BCUT2D eigenvalue weighted by Gasteiger charge is -2.26. The summed E-state index contributed by atoms with van der Waals surface area (Å²) in [4.78, 5) is 4.37. The molecule has 0 N–H and O–H groups in total. The molecule has 2 aromatic heterocycles. The molecule has 11 aromatic carbocycles. The number of rotatable bonds is 12. The summed E-state index contributed by atoms with van der Waals surface area (Å²) < 4.78 is 19.0. The van der Waals surface area contributed by atoms with E-state index >= 15 is 0 Å². The monoisotopic (exact) mass is 994 g/mol. The zero-order valence-corrected chi connectivity index (χ0v) is 41.3. The second-order valence-electron chi connectivity index (χ2n) is 18.0. The van der Waals surface area contributed by atoms with E-state index in [-0.39, 0.29) is 0 Å². The van der Waals surface area contributed by atoms with Crippen LogP contribution in [-0.2, 0) is 0 Å². The summed E-state index contributed by atoms with van der Waals surface area (Å²) in [6.07, 6.45) is 0. The topological polar surface area (TPSA) is 34.8 Å². The number of hydrogen-bond donors (Lipinski definition) is 0. The van der Waals surface area contributed by atoms with Gasteiger partial charge in [-0.3, -0.25) is 0 Å². The van der Waals surface area contributed by atoms with Crippen molar-refractivity contribution < 1.29 is 9.47 Å². The molecule has 0 spiro atoms. The predicted octanol–water partition coefficient (Wildman–Crippen LogP) is 19.7. The SMILES string of the molecule is Clc1cc(N(c2ccccc2)c2ccccc2)ccc1Oc1cc(-n2c3ccccc3c3ccccc32)c(Oc2ccc(N(c3ccccc3)c3ccccc3)cc2Cl)cc1-n1c2ccccc2c2ccccc21. The number of benzene rings is 11. The maximum Gasteiger partial charge on any atom is 0.153 e. The van der Waals surface area contributed by atoms with Crippen molar-refractivity contribution in [3.8, 4) is 34.4 Å². The Morgan fingerprint density at radius 1 is 0.257 bits per heavy atom. The first-order valence-electron chi connectivity index (χ1n) is 24.5. The van der Waals surface area contributed by atoms with E-state index in [2.05, 4.69) is 189 Å². The molecule has 0 unspecified atom stereocenters. The average Bonchev–Trinajstić information content (AvgIpc) is 3.97. The zero-order valence-electron chi connectivity index (χ0n) is 39.8. The number of nitrogens with zero attached hydrogens (tertiary/aromatic N) is 4. The Balaban J connectivity index is 1.03. The van der Waals surface area contributed by atoms with E-state index in [0.717, 1.165) is 89.1 Å². The van der Waals surface area contributed by atoms with Crippen molar-refractivity contribution in [3.05, 3.63) is 277 Å². The Hall–Kier alpha value is -9.20. The lowest BCUT2D eigenvalue weighted by Crippen LogP contribution is -2.10.